The number of anilines is 2. The van der Waals surface area contributed by atoms with Gasteiger partial charge in [0.2, 0.25) is 17.6 Å². The van der Waals surface area contributed by atoms with E-state index in [9.17, 15) is 37.1 Å². The number of β-amino-alcohol motifs (C(OH)–C–C–N with tert-alkyl or cyclic N) is 1. The molecule has 5 aliphatic heterocycles. The molecule has 338 valence electrons. The highest BCUT2D eigenvalue weighted by Gasteiger charge is 2.52. The zero-order valence-electron chi connectivity index (χ0n) is 34.7. The minimum Gasteiger partial charge on any atom is -0.491 e. The molecule has 4 N–H and O–H groups in total. The monoisotopic (exact) mass is 912 g/mol. The first-order valence-corrected chi connectivity index (χ1v) is 22.7. The van der Waals surface area contributed by atoms with Crippen LogP contribution in [0.3, 0.4) is 0 Å². The van der Waals surface area contributed by atoms with Gasteiger partial charge < -0.3 is 24.6 Å². The molecule has 3 aromatic carbocycles. The highest BCUT2D eigenvalue weighted by atomic mass is 32.2. The molecule has 1 spiro atoms. The maximum Gasteiger partial charge on any atom is 0.301 e. The van der Waals surface area contributed by atoms with Crippen molar-refractivity contribution < 1.29 is 50.6 Å². The van der Waals surface area contributed by atoms with Gasteiger partial charge in [-0.25, -0.2) is 18.2 Å². The smallest absolute Gasteiger partial charge is 0.301 e. The summed E-state index contributed by atoms with van der Waals surface area (Å²) in [5, 5.41) is 13.4. The van der Waals surface area contributed by atoms with E-state index in [2.05, 4.69) is 25.1 Å². The molecule has 20 heteroatoms. The topological polar surface area (TPSA) is 198 Å². The molecule has 4 fully saturated rings. The number of hydrogen-bond acceptors (Lipinski definition) is 11. The van der Waals surface area contributed by atoms with Gasteiger partial charge >= 0.3 is 10.2 Å². The number of piperidine rings is 1. The van der Waals surface area contributed by atoms with Crippen LogP contribution in [-0.4, -0.2) is 132 Å². The number of ketones is 1. The largest absolute Gasteiger partial charge is 0.491 e. The van der Waals surface area contributed by atoms with Gasteiger partial charge in [0.25, 0.3) is 5.91 Å². The van der Waals surface area contributed by atoms with Gasteiger partial charge in [0.15, 0.2) is 5.82 Å². The summed E-state index contributed by atoms with van der Waals surface area (Å²) in [5.74, 6) is -4.16. The van der Waals surface area contributed by atoms with Gasteiger partial charge in [-0.05, 0) is 72.5 Å². The van der Waals surface area contributed by atoms with Gasteiger partial charge in [-0.3, -0.25) is 34.1 Å². The van der Waals surface area contributed by atoms with Crippen molar-refractivity contribution >= 4 is 56.1 Å². The first-order valence-electron chi connectivity index (χ1n) is 21.2. The van der Waals surface area contributed by atoms with E-state index in [0.29, 0.717) is 34.5 Å². The molecule has 5 aromatic rings. The number of amides is 3. The van der Waals surface area contributed by atoms with Crippen molar-refractivity contribution in [2.45, 2.75) is 44.1 Å². The number of nitrogens with one attached hydrogen (secondary N) is 3. The number of fused-ring (bicyclic) bond motifs is 2. The number of rotatable bonds is 13. The third kappa shape index (κ3) is 7.97. The quantitative estimate of drug-likeness (QED) is 0.0992. The lowest BCUT2D eigenvalue weighted by atomic mass is 9.72. The summed E-state index contributed by atoms with van der Waals surface area (Å²) in [5.41, 5.74) is 2.43. The van der Waals surface area contributed by atoms with Crippen LogP contribution in [0.5, 0.6) is 5.75 Å². The Labute approximate surface area is 370 Å². The van der Waals surface area contributed by atoms with Crippen molar-refractivity contribution in [2.24, 2.45) is 5.41 Å². The molecule has 2 unspecified atom stereocenters. The van der Waals surface area contributed by atoms with Crippen LogP contribution in [0.2, 0.25) is 0 Å². The number of ether oxygens (including phenoxy) is 1. The van der Waals surface area contributed by atoms with Crippen molar-refractivity contribution in [2.75, 3.05) is 62.0 Å². The normalized spacial score (nSPS) is 21.3. The van der Waals surface area contributed by atoms with E-state index in [4.69, 9.17) is 4.74 Å². The number of nitrogens with zero attached hydrogens (tertiary/aromatic N) is 5. The predicted octanol–water partition coefficient (Wildman–Crippen LogP) is 3.76. The van der Waals surface area contributed by atoms with Gasteiger partial charge in [-0.15, -0.1) is 0 Å². The van der Waals surface area contributed by atoms with E-state index in [1.165, 1.54) is 11.1 Å². The third-order valence-electron chi connectivity index (χ3n) is 12.9. The number of alkyl halides is 1. The Bertz CT molecular complexity index is 2880. The van der Waals surface area contributed by atoms with Gasteiger partial charge in [0, 0.05) is 104 Å². The zero-order chi connectivity index (χ0) is 45.4. The van der Waals surface area contributed by atoms with Crippen molar-refractivity contribution in [3.05, 3.63) is 107 Å². The van der Waals surface area contributed by atoms with Crippen molar-refractivity contribution in [3.8, 4) is 16.9 Å². The fraction of sp³-hybridized carbons (Fsp3) is 0.356. The van der Waals surface area contributed by atoms with Crippen molar-refractivity contribution in [3.63, 3.8) is 0 Å². The molecule has 7 heterocycles. The summed E-state index contributed by atoms with van der Waals surface area (Å²) in [4.78, 5) is 63.9. The Morgan fingerprint density at radius 1 is 1.00 bits per heavy atom. The van der Waals surface area contributed by atoms with E-state index in [-0.39, 0.29) is 61.8 Å². The van der Waals surface area contributed by atoms with Gasteiger partial charge in [0.1, 0.15) is 42.1 Å². The maximum absolute atomic E-state index is 15.7. The Kier molecular flexibility index (Phi) is 10.7. The molecule has 0 aliphatic carbocycles. The zero-order valence-corrected chi connectivity index (χ0v) is 35.5. The van der Waals surface area contributed by atoms with Crippen LogP contribution >= 0.6 is 0 Å². The predicted molar refractivity (Wildman–Crippen MR) is 230 cm³/mol. The molecule has 0 saturated carbocycles. The SMILES string of the molecule is O=C1CCC(N2Cc3cc(OC[C@H](O)CN4CC5(C4)CN(c4ccc(-c6cnc7[nH]cc(C(=O)c8c(F)ccc(NS(=O)(=O)N9CCC(F)C9)c8F)c7c6)cc4)C5)ccc3C2=O)C(=O)N1. The average Bonchev–Trinajstić information content (AvgIpc) is 3.98. The molecule has 3 amide bonds. The molecule has 5 aliphatic rings. The van der Waals surface area contributed by atoms with Crippen molar-refractivity contribution in [1.82, 2.24) is 29.4 Å². The van der Waals surface area contributed by atoms with Crippen molar-refractivity contribution in [1.29, 1.82) is 0 Å². The summed E-state index contributed by atoms with van der Waals surface area (Å²) in [6.07, 6.45) is 1.27. The number of aliphatic hydroxyl groups excluding tert-OH is 1. The van der Waals surface area contributed by atoms with E-state index in [0.717, 1.165) is 59.4 Å². The number of aliphatic hydroxyl groups is 1. The highest BCUT2D eigenvalue weighted by Crippen LogP contribution is 2.42. The average molecular weight is 913 g/mol. The number of carbonyl (C=O) groups is 4. The summed E-state index contributed by atoms with van der Waals surface area (Å²) in [7, 11) is -4.37. The lowest BCUT2D eigenvalue weighted by Gasteiger charge is -2.61. The second kappa shape index (κ2) is 16.3. The van der Waals surface area contributed by atoms with Gasteiger partial charge in [-0.1, -0.05) is 12.1 Å². The summed E-state index contributed by atoms with van der Waals surface area (Å²) in [6, 6.07) is 15.6. The van der Waals surface area contributed by atoms with E-state index in [1.807, 2.05) is 29.0 Å². The maximum atomic E-state index is 15.7. The first kappa shape index (κ1) is 42.6. The van der Waals surface area contributed by atoms with Crippen LogP contribution in [0.15, 0.2) is 73.1 Å². The number of likely N-dealkylation sites (tertiary alicyclic amines) is 1. The summed E-state index contributed by atoms with van der Waals surface area (Å²) < 4.78 is 78.9. The molecule has 0 bridgehead atoms. The Morgan fingerprint density at radius 3 is 2.52 bits per heavy atom. The summed E-state index contributed by atoms with van der Waals surface area (Å²) >= 11 is 0. The fourth-order valence-corrected chi connectivity index (χ4v) is 10.9. The Morgan fingerprint density at radius 2 is 1.78 bits per heavy atom. The molecule has 65 heavy (non-hydrogen) atoms. The second-order valence-electron chi connectivity index (χ2n) is 17.5. The van der Waals surface area contributed by atoms with Crippen LogP contribution in [0, 0.1) is 17.0 Å². The third-order valence-corrected chi connectivity index (χ3v) is 14.4. The number of imide groups is 1. The molecule has 16 nitrogen and oxygen atoms in total. The van der Waals surface area contributed by atoms with E-state index in [1.54, 1.807) is 30.5 Å². The standard InChI is InChI=1S/C45H43F3N8O8S/c46-28-11-12-55(18-28)65(62,63)52-36-8-7-35(47)39(40(36)48)41(59)34-16-50-42-33(34)14-26(15-49-42)25-1-3-29(4-2-25)54-23-45(24-54)21-53(22-45)19-30(57)20-64-31-5-6-32-27(13-31)17-56(44(32)61)37-9-10-38(58)51-43(37)60/h1-8,13-16,28,30,37,52,57H,9-12,17-24H2,(H,49,50)(H,51,58,60)/t28?,30-,37?/m1/s1. The molecular weight excluding hydrogens is 870 g/mol. The highest BCUT2D eigenvalue weighted by molar-refractivity contribution is 7.90. The number of hydrogen-bond donors (Lipinski definition) is 4. The number of aromatic amines is 1. The van der Waals surface area contributed by atoms with Crippen LogP contribution in [0.25, 0.3) is 22.2 Å². The number of aromatic nitrogens is 2. The molecule has 0 radical (unpaired) electrons. The molecule has 10 rings (SSSR count). The Balaban J connectivity index is 0.720. The minimum absolute atomic E-state index is 0.00528. The number of halogens is 3. The van der Waals surface area contributed by atoms with Crippen LogP contribution < -0.4 is 19.7 Å². The molecule has 3 atom stereocenters. The fourth-order valence-electron chi connectivity index (χ4n) is 9.66. The van der Waals surface area contributed by atoms with Crippen LogP contribution in [-0.2, 0) is 26.3 Å². The van der Waals surface area contributed by atoms with E-state index < -0.39 is 69.6 Å². The van der Waals surface area contributed by atoms with Crippen LogP contribution in [0.1, 0.15) is 51.1 Å². The van der Waals surface area contributed by atoms with Gasteiger partial charge in [-0.2, -0.15) is 12.7 Å². The Hall–Kier alpha value is -6.35. The summed E-state index contributed by atoms with van der Waals surface area (Å²) in [6.45, 7) is 3.57. The minimum atomic E-state index is -4.37. The number of benzene rings is 3. The number of H-pyrrole nitrogens is 1. The number of carbonyl (C=O) groups excluding carboxylic acids is 4. The first-order chi connectivity index (χ1) is 31.1. The van der Waals surface area contributed by atoms with Gasteiger partial charge in [0.05, 0.1) is 11.3 Å². The lowest BCUT2D eigenvalue weighted by molar-refractivity contribution is -0.136. The molecule has 2 aromatic heterocycles. The number of pyridine rings is 1. The van der Waals surface area contributed by atoms with Crippen LogP contribution in [0.4, 0.5) is 24.5 Å². The molecular formula is C45H43F3N8O8S. The second-order valence-corrected chi connectivity index (χ2v) is 19.2. The lowest BCUT2D eigenvalue weighted by Crippen LogP contribution is -2.72. The van der Waals surface area contributed by atoms with E-state index >= 15 is 8.78 Å². The molecule has 4 saturated heterocycles.